The third-order valence-electron chi connectivity index (χ3n) is 4.61. The molecule has 5 heteroatoms. The van der Waals surface area contributed by atoms with Gasteiger partial charge in [0.25, 0.3) is 0 Å². The van der Waals surface area contributed by atoms with Gasteiger partial charge in [-0.05, 0) is 45.6 Å². The van der Waals surface area contributed by atoms with E-state index in [1.165, 1.54) is 5.69 Å². The summed E-state index contributed by atoms with van der Waals surface area (Å²) in [6.45, 7) is 6.60. The van der Waals surface area contributed by atoms with Crippen molar-refractivity contribution < 1.29 is 9.53 Å². The molecular weight excluding hydrogens is 266 g/mol. The van der Waals surface area contributed by atoms with E-state index in [0.717, 1.165) is 51.1 Å². The number of aryl methyl sites for hydroxylation is 2. The van der Waals surface area contributed by atoms with Crippen molar-refractivity contribution in [2.24, 2.45) is 0 Å². The summed E-state index contributed by atoms with van der Waals surface area (Å²) < 4.78 is 7.63. The summed E-state index contributed by atoms with van der Waals surface area (Å²) >= 11 is 0. The number of likely N-dealkylation sites (tertiary alicyclic amines) is 1. The van der Waals surface area contributed by atoms with E-state index in [1.807, 2.05) is 11.6 Å². The molecule has 2 aliphatic heterocycles. The number of hydrogen-bond acceptors (Lipinski definition) is 3. The number of rotatable bonds is 4. The van der Waals surface area contributed by atoms with Crippen LogP contribution in [-0.2, 0) is 16.1 Å². The van der Waals surface area contributed by atoms with Crippen LogP contribution in [0.4, 0.5) is 0 Å². The molecule has 2 atom stereocenters. The number of amides is 1. The molecule has 2 saturated heterocycles. The monoisotopic (exact) mass is 291 g/mol. The maximum atomic E-state index is 12.5. The number of nitrogens with zero attached hydrogens (tertiary/aromatic N) is 3. The van der Waals surface area contributed by atoms with Gasteiger partial charge in [0, 0.05) is 18.8 Å². The zero-order chi connectivity index (χ0) is 14.8. The lowest BCUT2D eigenvalue weighted by Crippen LogP contribution is -2.39. The standard InChI is InChI=1S/C16H25N3O2/c1-12-9-13(2)19(17-12)11-14-5-3-7-18(14)16(20)10-15-6-4-8-21-15/h9,14-15H,3-8,10-11H2,1-2H3/t14-,15+/m0/s1. The lowest BCUT2D eigenvalue weighted by molar-refractivity contribution is -0.134. The first kappa shape index (κ1) is 14.6. The fourth-order valence-corrected chi connectivity index (χ4v) is 3.53. The Labute approximate surface area is 126 Å². The maximum absolute atomic E-state index is 12.5. The van der Waals surface area contributed by atoms with Gasteiger partial charge in [0.05, 0.1) is 30.8 Å². The van der Waals surface area contributed by atoms with Crippen LogP contribution in [0.25, 0.3) is 0 Å². The van der Waals surface area contributed by atoms with E-state index in [1.54, 1.807) is 0 Å². The SMILES string of the molecule is Cc1cc(C)n(C[C@@H]2CCCN2C(=O)C[C@H]2CCCO2)n1. The molecule has 3 rings (SSSR count). The Balaban J connectivity index is 1.61. The highest BCUT2D eigenvalue weighted by Gasteiger charge is 2.31. The van der Waals surface area contributed by atoms with Crippen LogP contribution in [-0.4, -0.2) is 45.9 Å². The maximum Gasteiger partial charge on any atom is 0.225 e. The van der Waals surface area contributed by atoms with Crippen LogP contribution in [0.2, 0.25) is 0 Å². The van der Waals surface area contributed by atoms with Gasteiger partial charge in [0.15, 0.2) is 0 Å². The normalized spacial score (nSPS) is 25.7. The average Bonchev–Trinajstić information content (AvgIpc) is 3.13. The Morgan fingerprint density at radius 2 is 2.24 bits per heavy atom. The summed E-state index contributed by atoms with van der Waals surface area (Å²) in [5.41, 5.74) is 2.22. The minimum Gasteiger partial charge on any atom is -0.378 e. The Bertz CT molecular complexity index is 506. The Morgan fingerprint density at radius 3 is 2.90 bits per heavy atom. The van der Waals surface area contributed by atoms with Gasteiger partial charge in [-0.3, -0.25) is 9.48 Å². The summed E-state index contributed by atoms with van der Waals surface area (Å²) in [5.74, 6) is 0.255. The molecule has 0 aromatic carbocycles. The molecule has 1 aromatic rings. The quantitative estimate of drug-likeness (QED) is 0.853. The zero-order valence-corrected chi connectivity index (χ0v) is 13.0. The van der Waals surface area contributed by atoms with Crippen molar-refractivity contribution in [1.29, 1.82) is 0 Å². The molecule has 0 N–H and O–H groups in total. The van der Waals surface area contributed by atoms with E-state index < -0.39 is 0 Å². The molecule has 2 aliphatic rings. The molecule has 116 valence electrons. The first-order chi connectivity index (χ1) is 10.1. The van der Waals surface area contributed by atoms with Crippen LogP contribution in [0.15, 0.2) is 6.07 Å². The molecule has 0 unspecified atom stereocenters. The number of ether oxygens (including phenoxy) is 1. The van der Waals surface area contributed by atoms with Crippen LogP contribution >= 0.6 is 0 Å². The summed E-state index contributed by atoms with van der Waals surface area (Å²) in [6.07, 6.45) is 4.99. The molecule has 3 heterocycles. The third-order valence-corrected chi connectivity index (χ3v) is 4.61. The minimum atomic E-state index is 0.146. The Kier molecular flexibility index (Phi) is 4.29. The second-order valence-corrected chi connectivity index (χ2v) is 6.33. The van der Waals surface area contributed by atoms with Crippen molar-refractivity contribution in [2.75, 3.05) is 13.2 Å². The van der Waals surface area contributed by atoms with Gasteiger partial charge in [0.1, 0.15) is 0 Å². The molecule has 1 aromatic heterocycles. The Morgan fingerprint density at radius 1 is 1.38 bits per heavy atom. The van der Waals surface area contributed by atoms with Crippen molar-refractivity contribution in [2.45, 2.75) is 64.6 Å². The zero-order valence-electron chi connectivity index (χ0n) is 13.0. The molecular formula is C16H25N3O2. The van der Waals surface area contributed by atoms with Crippen LogP contribution in [0.1, 0.15) is 43.5 Å². The molecule has 5 nitrogen and oxygen atoms in total. The fraction of sp³-hybridized carbons (Fsp3) is 0.750. The highest BCUT2D eigenvalue weighted by molar-refractivity contribution is 5.77. The lowest BCUT2D eigenvalue weighted by Gasteiger charge is -2.26. The molecule has 2 fully saturated rings. The van der Waals surface area contributed by atoms with Crippen molar-refractivity contribution in [1.82, 2.24) is 14.7 Å². The van der Waals surface area contributed by atoms with Gasteiger partial charge < -0.3 is 9.64 Å². The number of aromatic nitrogens is 2. The topological polar surface area (TPSA) is 47.4 Å². The second-order valence-electron chi connectivity index (χ2n) is 6.33. The molecule has 21 heavy (non-hydrogen) atoms. The van der Waals surface area contributed by atoms with Crippen LogP contribution in [0.5, 0.6) is 0 Å². The summed E-state index contributed by atoms with van der Waals surface area (Å²) in [7, 11) is 0. The molecule has 0 bridgehead atoms. The molecule has 0 radical (unpaired) electrons. The van der Waals surface area contributed by atoms with Crippen LogP contribution < -0.4 is 0 Å². The van der Waals surface area contributed by atoms with Gasteiger partial charge in [-0.2, -0.15) is 5.10 Å². The summed E-state index contributed by atoms with van der Waals surface area (Å²) in [4.78, 5) is 14.6. The minimum absolute atomic E-state index is 0.146. The molecule has 0 aliphatic carbocycles. The van der Waals surface area contributed by atoms with E-state index in [4.69, 9.17) is 4.74 Å². The second kappa shape index (κ2) is 6.18. The van der Waals surface area contributed by atoms with Crippen LogP contribution in [0, 0.1) is 13.8 Å². The summed E-state index contributed by atoms with van der Waals surface area (Å²) in [5, 5.41) is 4.52. The Hall–Kier alpha value is -1.36. The number of carbonyl (C=O) groups excluding carboxylic acids is 1. The van der Waals surface area contributed by atoms with E-state index in [-0.39, 0.29) is 18.1 Å². The van der Waals surface area contributed by atoms with Gasteiger partial charge in [-0.25, -0.2) is 0 Å². The van der Waals surface area contributed by atoms with E-state index >= 15 is 0 Å². The first-order valence-electron chi connectivity index (χ1n) is 8.05. The van der Waals surface area contributed by atoms with Gasteiger partial charge in [0.2, 0.25) is 5.91 Å². The molecule has 1 amide bonds. The number of hydrogen-bond donors (Lipinski definition) is 0. The van der Waals surface area contributed by atoms with E-state index in [2.05, 4.69) is 23.0 Å². The lowest BCUT2D eigenvalue weighted by atomic mass is 10.1. The molecule has 0 saturated carbocycles. The van der Waals surface area contributed by atoms with E-state index in [0.29, 0.717) is 6.42 Å². The van der Waals surface area contributed by atoms with E-state index in [9.17, 15) is 4.79 Å². The largest absolute Gasteiger partial charge is 0.378 e. The average molecular weight is 291 g/mol. The highest BCUT2D eigenvalue weighted by atomic mass is 16.5. The predicted octanol–water partition coefficient (Wildman–Crippen LogP) is 2.06. The van der Waals surface area contributed by atoms with Gasteiger partial charge in [-0.1, -0.05) is 0 Å². The van der Waals surface area contributed by atoms with Gasteiger partial charge >= 0.3 is 0 Å². The van der Waals surface area contributed by atoms with Crippen LogP contribution in [0.3, 0.4) is 0 Å². The fourth-order valence-electron chi connectivity index (χ4n) is 3.53. The third kappa shape index (κ3) is 3.28. The van der Waals surface area contributed by atoms with Gasteiger partial charge in [-0.15, -0.1) is 0 Å². The number of carbonyl (C=O) groups is 1. The molecule has 0 spiro atoms. The highest BCUT2D eigenvalue weighted by Crippen LogP contribution is 2.23. The first-order valence-corrected chi connectivity index (χ1v) is 8.05. The van der Waals surface area contributed by atoms with Crippen molar-refractivity contribution >= 4 is 5.91 Å². The smallest absolute Gasteiger partial charge is 0.225 e. The predicted molar refractivity (Wildman–Crippen MR) is 80.0 cm³/mol. The van der Waals surface area contributed by atoms with Crippen molar-refractivity contribution in [3.05, 3.63) is 17.5 Å². The van der Waals surface area contributed by atoms with Crippen molar-refractivity contribution in [3.63, 3.8) is 0 Å². The van der Waals surface area contributed by atoms with Crippen molar-refractivity contribution in [3.8, 4) is 0 Å². The summed E-state index contributed by atoms with van der Waals surface area (Å²) in [6, 6.07) is 2.38.